The van der Waals surface area contributed by atoms with Crippen LogP contribution in [0.2, 0.25) is 0 Å². The Hall–Kier alpha value is -0.320. The van der Waals surface area contributed by atoms with Crippen LogP contribution in [0.5, 0.6) is 0 Å². The maximum Gasteiger partial charge on any atom is 0.237 e. The first-order valence-corrected chi connectivity index (χ1v) is 5.15. The van der Waals surface area contributed by atoms with Gasteiger partial charge in [-0.05, 0) is 25.7 Å². The fraction of sp³-hybridized carbons (Fsp3) is 0.900. The minimum atomic E-state index is -0.438. The first kappa shape index (κ1) is 17.1. The van der Waals surface area contributed by atoms with Crippen LogP contribution in [0.15, 0.2) is 0 Å². The Morgan fingerprint density at radius 1 is 1.40 bits per heavy atom. The number of hydrogen-bond acceptors (Lipinski definition) is 3. The molecule has 0 aromatic rings. The van der Waals surface area contributed by atoms with Crippen molar-refractivity contribution in [2.45, 2.75) is 45.7 Å². The molecule has 92 valence electrons. The molecule has 0 saturated carbocycles. The van der Waals surface area contributed by atoms with Crippen molar-refractivity contribution in [3.8, 4) is 0 Å². The number of nitrogens with two attached hydrogens (primary N) is 1. The first-order valence-electron chi connectivity index (χ1n) is 5.15. The predicted octanol–water partition coefficient (Wildman–Crippen LogP) is 0.669. The highest BCUT2D eigenvalue weighted by atomic mass is 35.5. The summed E-state index contributed by atoms with van der Waals surface area (Å²) in [5, 5.41) is 11.4. The Labute approximate surface area is 98.0 Å². The molecule has 4 nitrogen and oxygen atoms in total. The van der Waals surface area contributed by atoms with E-state index in [0.717, 1.165) is 6.42 Å². The zero-order valence-corrected chi connectivity index (χ0v) is 10.5. The SMILES string of the molecule is CC(CCCO)NC(=O)[C@H](N)C(C)C.Cl. The molecule has 0 heterocycles. The molecule has 0 rings (SSSR count). The van der Waals surface area contributed by atoms with E-state index in [1.54, 1.807) is 0 Å². The molecule has 4 N–H and O–H groups in total. The van der Waals surface area contributed by atoms with Gasteiger partial charge >= 0.3 is 0 Å². The molecule has 0 fully saturated rings. The third-order valence-electron chi connectivity index (χ3n) is 2.20. The molecule has 0 aromatic heterocycles. The Bertz CT molecular complexity index is 177. The number of carbonyl (C=O) groups excluding carboxylic acids is 1. The van der Waals surface area contributed by atoms with Gasteiger partial charge in [0, 0.05) is 12.6 Å². The summed E-state index contributed by atoms with van der Waals surface area (Å²) in [6.07, 6.45) is 1.49. The molecular weight excluding hydrogens is 216 g/mol. The Morgan fingerprint density at radius 3 is 2.33 bits per heavy atom. The number of hydrogen-bond donors (Lipinski definition) is 3. The molecule has 0 spiro atoms. The Balaban J connectivity index is 0. The quantitative estimate of drug-likeness (QED) is 0.637. The average molecular weight is 239 g/mol. The topological polar surface area (TPSA) is 75.3 Å². The minimum absolute atomic E-state index is 0. The van der Waals surface area contributed by atoms with Crippen LogP contribution in [0.4, 0.5) is 0 Å². The summed E-state index contributed by atoms with van der Waals surface area (Å²) in [6.45, 7) is 5.92. The number of aliphatic hydroxyl groups is 1. The molecule has 5 heteroatoms. The van der Waals surface area contributed by atoms with Crippen LogP contribution >= 0.6 is 12.4 Å². The Morgan fingerprint density at radius 2 is 1.93 bits per heavy atom. The third-order valence-corrected chi connectivity index (χ3v) is 2.20. The second-order valence-electron chi connectivity index (χ2n) is 4.05. The van der Waals surface area contributed by atoms with E-state index in [4.69, 9.17) is 10.8 Å². The highest BCUT2D eigenvalue weighted by Gasteiger charge is 2.18. The lowest BCUT2D eigenvalue weighted by Gasteiger charge is -2.19. The lowest BCUT2D eigenvalue weighted by atomic mass is 10.0. The summed E-state index contributed by atoms with van der Waals surface area (Å²) in [6, 6.07) is -0.356. The second-order valence-corrected chi connectivity index (χ2v) is 4.05. The van der Waals surface area contributed by atoms with E-state index >= 15 is 0 Å². The molecule has 2 atom stereocenters. The van der Waals surface area contributed by atoms with Gasteiger partial charge in [0.05, 0.1) is 6.04 Å². The van der Waals surface area contributed by atoms with Gasteiger partial charge < -0.3 is 16.2 Å². The van der Waals surface area contributed by atoms with Gasteiger partial charge in [0.25, 0.3) is 0 Å². The maximum absolute atomic E-state index is 11.5. The number of aliphatic hydroxyl groups excluding tert-OH is 1. The van der Waals surface area contributed by atoms with E-state index < -0.39 is 6.04 Å². The molecular formula is C10H23ClN2O2. The molecule has 0 aromatic carbocycles. The first-order chi connectivity index (χ1) is 6.49. The minimum Gasteiger partial charge on any atom is -0.396 e. The molecule has 0 radical (unpaired) electrons. The smallest absolute Gasteiger partial charge is 0.237 e. The number of amides is 1. The molecule has 1 amide bonds. The van der Waals surface area contributed by atoms with Gasteiger partial charge in [0.2, 0.25) is 5.91 Å². The lowest BCUT2D eigenvalue weighted by Crippen LogP contribution is -2.47. The molecule has 0 aliphatic rings. The van der Waals surface area contributed by atoms with Crippen LogP contribution < -0.4 is 11.1 Å². The van der Waals surface area contributed by atoms with Crippen LogP contribution in [-0.2, 0) is 4.79 Å². The number of halogens is 1. The molecule has 0 saturated heterocycles. The Kier molecular flexibility index (Phi) is 10.2. The van der Waals surface area contributed by atoms with Crippen LogP contribution in [-0.4, -0.2) is 29.7 Å². The summed E-state index contributed by atoms with van der Waals surface area (Å²) in [5.41, 5.74) is 5.68. The van der Waals surface area contributed by atoms with E-state index in [1.165, 1.54) is 0 Å². The summed E-state index contributed by atoms with van der Waals surface area (Å²) in [4.78, 5) is 11.5. The van der Waals surface area contributed by atoms with E-state index in [1.807, 2.05) is 20.8 Å². The lowest BCUT2D eigenvalue weighted by molar-refractivity contribution is -0.123. The van der Waals surface area contributed by atoms with Gasteiger partial charge in [-0.15, -0.1) is 12.4 Å². The van der Waals surface area contributed by atoms with E-state index in [2.05, 4.69) is 5.32 Å². The van der Waals surface area contributed by atoms with E-state index in [-0.39, 0.29) is 36.9 Å². The average Bonchev–Trinajstić information content (AvgIpc) is 2.13. The van der Waals surface area contributed by atoms with Crippen LogP contribution in [0.3, 0.4) is 0 Å². The van der Waals surface area contributed by atoms with Gasteiger partial charge in [-0.3, -0.25) is 4.79 Å². The summed E-state index contributed by atoms with van der Waals surface area (Å²) in [5.74, 6) is 0.0467. The van der Waals surface area contributed by atoms with Gasteiger partial charge in [-0.25, -0.2) is 0 Å². The van der Waals surface area contributed by atoms with E-state index in [9.17, 15) is 4.79 Å². The normalized spacial score (nSPS) is 14.3. The standard InChI is InChI=1S/C10H22N2O2.ClH/c1-7(2)9(11)10(14)12-8(3)5-4-6-13;/h7-9,13H,4-6,11H2,1-3H3,(H,12,14);1H/t8?,9-;/m1./s1. The molecule has 0 bridgehead atoms. The maximum atomic E-state index is 11.5. The molecule has 0 aliphatic carbocycles. The largest absolute Gasteiger partial charge is 0.396 e. The van der Waals surface area contributed by atoms with Gasteiger partial charge in [0.1, 0.15) is 0 Å². The fourth-order valence-electron chi connectivity index (χ4n) is 1.11. The summed E-state index contributed by atoms with van der Waals surface area (Å²) in [7, 11) is 0. The molecule has 0 aliphatic heterocycles. The van der Waals surface area contributed by atoms with Crippen molar-refractivity contribution in [2.75, 3.05) is 6.61 Å². The molecule has 1 unspecified atom stereocenters. The summed E-state index contributed by atoms with van der Waals surface area (Å²) < 4.78 is 0. The van der Waals surface area contributed by atoms with E-state index in [0.29, 0.717) is 6.42 Å². The van der Waals surface area contributed by atoms with Crippen molar-refractivity contribution in [3.63, 3.8) is 0 Å². The number of carbonyl (C=O) groups is 1. The van der Waals surface area contributed by atoms with Crippen molar-refractivity contribution in [2.24, 2.45) is 11.7 Å². The highest BCUT2D eigenvalue weighted by molar-refractivity contribution is 5.85. The van der Waals surface area contributed by atoms with Gasteiger partial charge in [0.15, 0.2) is 0 Å². The third kappa shape index (κ3) is 7.59. The van der Waals surface area contributed by atoms with Crippen LogP contribution in [0.1, 0.15) is 33.6 Å². The number of nitrogens with one attached hydrogen (secondary N) is 1. The van der Waals surface area contributed by atoms with Gasteiger partial charge in [-0.2, -0.15) is 0 Å². The second kappa shape index (κ2) is 8.95. The number of rotatable bonds is 6. The van der Waals surface area contributed by atoms with Crippen molar-refractivity contribution >= 4 is 18.3 Å². The molecule has 15 heavy (non-hydrogen) atoms. The van der Waals surface area contributed by atoms with Crippen LogP contribution in [0.25, 0.3) is 0 Å². The van der Waals surface area contributed by atoms with Gasteiger partial charge in [-0.1, -0.05) is 13.8 Å². The fourth-order valence-corrected chi connectivity index (χ4v) is 1.11. The monoisotopic (exact) mass is 238 g/mol. The van der Waals surface area contributed by atoms with Crippen molar-refractivity contribution < 1.29 is 9.90 Å². The predicted molar refractivity (Wildman–Crippen MR) is 64.0 cm³/mol. The zero-order valence-electron chi connectivity index (χ0n) is 9.69. The van der Waals surface area contributed by atoms with Crippen LogP contribution in [0, 0.1) is 5.92 Å². The summed E-state index contributed by atoms with van der Waals surface area (Å²) >= 11 is 0. The highest BCUT2D eigenvalue weighted by Crippen LogP contribution is 2.00. The van der Waals surface area contributed by atoms with Crippen molar-refractivity contribution in [3.05, 3.63) is 0 Å². The van der Waals surface area contributed by atoms with Crippen molar-refractivity contribution in [1.82, 2.24) is 5.32 Å². The van der Waals surface area contributed by atoms with Crippen molar-refractivity contribution in [1.29, 1.82) is 0 Å². The zero-order chi connectivity index (χ0) is 11.1.